The van der Waals surface area contributed by atoms with E-state index in [9.17, 15) is 5.11 Å². The van der Waals surface area contributed by atoms with E-state index in [2.05, 4.69) is 6.58 Å². The first-order valence-electron chi connectivity index (χ1n) is 3.61. The van der Waals surface area contributed by atoms with E-state index in [-0.39, 0.29) is 12.5 Å². The molecule has 0 aromatic heterocycles. The molecule has 0 bridgehead atoms. The second-order valence-corrected chi connectivity index (χ2v) is 3.14. The Morgan fingerprint density at radius 3 is 2.60 bits per heavy atom. The zero-order valence-electron chi connectivity index (χ0n) is 6.30. The molecule has 0 heterocycles. The third-order valence-electron chi connectivity index (χ3n) is 2.57. The quantitative estimate of drug-likeness (QED) is 0.529. The first-order chi connectivity index (χ1) is 4.60. The lowest BCUT2D eigenvalue weighted by Crippen LogP contribution is -2.35. The standard InChI is InChI=1S/C8H14O2/c1-6-3-4-8(10,5-9)7(6)2/h7,9-10H,1,3-5H2,2H3/t7-,8-/m0/s1. The SMILES string of the molecule is C=C1CC[C@](O)(CO)[C@H]1C. The molecule has 2 heteroatoms. The predicted octanol–water partition coefficient (Wildman–Crippen LogP) is 0.696. The van der Waals surface area contributed by atoms with Crippen LogP contribution in [0, 0.1) is 5.92 Å². The summed E-state index contributed by atoms with van der Waals surface area (Å²) in [7, 11) is 0. The van der Waals surface area contributed by atoms with E-state index in [0.29, 0.717) is 6.42 Å². The molecule has 0 saturated heterocycles. The molecule has 0 aromatic carbocycles. The van der Waals surface area contributed by atoms with Gasteiger partial charge in [-0.3, -0.25) is 0 Å². The second kappa shape index (κ2) is 2.36. The summed E-state index contributed by atoms with van der Waals surface area (Å²) in [5.41, 5.74) is 0.174. The summed E-state index contributed by atoms with van der Waals surface area (Å²) in [6.07, 6.45) is 1.50. The van der Waals surface area contributed by atoms with Crippen LogP contribution in [0.4, 0.5) is 0 Å². The average molecular weight is 142 g/mol. The molecule has 0 spiro atoms. The molecule has 10 heavy (non-hydrogen) atoms. The Kier molecular flexibility index (Phi) is 1.84. The Morgan fingerprint density at radius 1 is 1.80 bits per heavy atom. The van der Waals surface area contributed by atoms with Crippen molar-refractivity contribution in [2.45, 2.75) is 25.4 Å². The molecular formula is C8H14O2. The summed E-state index contributed by atoms with van der Waals surface area (Å²) >= 11 is 0. The maximum atomic E-state index is 9.63. The van der Waals surface area contributed by atoms with Gasteiger partial charge in [-0.15, -0.1) is 0 Å². The van der Waals surface area contributed by atoms with Crippen molar-refractivity contribution < 1.29 is 10.2 Å². The van der Waals surface area contributed by atoms with E-state index in [1.807, 2.05) is 6.92 Å². The molecule has 2 nitrogen and oxygen atoms in total. The maximum Gasteiger partial charge on any atom is 0.0942 e. The summed E-state index contributed by atoms with van der Waals surface area (Å²) in [6.45, 7) is 5.57. The van der Waals surface area contributed by atoms with E-state index in [1.165, 1.54) is 0 Å². The highest BCUT2D eigenvalue weighted by Gasteiger charge is 2.39. The highest BCUT2D eigenvalue weighted by atomic mass is 16.3. The van der Waals surface area contributed by atoms with E-state index < -0.39 is 5.60 Å². The second-order valence-electron chi connectivity index (χ2n) is 3.14. The number of aliphatic hydroxyl groups excluding tert-OH is 1. The van der Waals surface area contributed by atoms with Crippen LogP contribution in [0.15, 0.2) is 12.2 Å². The minimum absolute atomic E-state index is 0.0532. The average Bonchev–Trinajstić information content (AvgIpc) is 2.19. The molecule has 0 aliphatic heterocycles. The van der Waals surface area contributed by atoms with Gasteiger partial charge >= 0.3 is 0 Å². The van der Waals surface area contributed by atoms with Crippen molar-refractivity contribution in [1.29, 1.82) is 0 Å². The van der Waals surface area contributed by atoms with Crippen molar-refractivity contribution in [2.24, 2.45) is 5.92 Å². The lowest BCUT2D eigenvalue weighted by atomic mass is 9.92. The van der Waals surface area contributed by atoms with Crippen LogP contribution in [0.25, 0.3) is 0 Å². The largest absolute Gasteiger partial charge is 0.393 e. The Morgan fingerprint density at radius 2 is 2.40 bits per heavy atom. The molecule has 1 rings (SSSR count). The topological polar surface area (TPSA) is 40.5 Å². The van der Waals surface area contributed by atoms with Gasteiger partial charge in [0.05, 0.1) is 12.2 Å². The zero-order valence-corrected chi connectivity index (χ0v) is 6.30. The van der Waals surface area contributed by atoms with Crippen molar-refractivity contribution in [3.05, 3.63) is 12.2 Å². The number of hydrogen-bond acceptors (Lipinski definition) is 2. The summed E-state index contributed by atoms with van der Waals surface area (Å²) in [4.78, 5) is 0. The minimum atomic E-state index is -0.878. The van der Waals surface area contributed by atoms with Crippen LogP contribution in [-0.4, -0.2) is 22.4 Å². The van der Waals surface area contributed by atoms with Gasteiger partial charge in [0, 0.05) is 5.92 Å². The molecule has 0 amide bonds. The van der Waals surface area contributed by atoms with Crippen LogP contribution in [0.5, 0.6) is 0 Å². The molecule has 2 N–H and O–H groups in total. The van der Waals surface area contributed by atoms with Crippen molar-refractivity contribution in [3.8, 4) is 0 Å². The maximum absolute atomic E-state index is 9.63. The van der Waals surface area contributed by atoms with Gasteiger partial charge < -0.3 is 10.2 Å². The van der Waals surface area contributed by atoms with Crippen molar-refractivity contribution in [2.75, 3.05) is 6.61 Å². The fourth-order valence-electron chi connectivity index (χ4n) is 1.41. The number of rotatable bonds is 1. The van der Waals surface area contributed by atoms with E-state index in [0.717, 1.165) is 12.0 Å². The van der Waals surface area contributed by atoms with Crippen molar-refractivity contribution >= 4 is 0 Å². The van der Waals surface area contributed by atoms with Crippen LogP contribution >= 0.6 is 0 Å². The fourth-order valence-corrected chi connectivity index (χ4v) is 1.41. The van der Waals surface area contributed by atoms with E-state index >= 15 is 0 Å². The van der Waals surface area contributed by atoms with Gasteiger partial charge in [-0.2, -0.15) is 0 Å². The molecule has 1 aliphatic rings. The highest BCUT2D eigenvalue weighted by Crippen LogP contribution is 2.37. The lowest BCUT2D eigenvalue weighted by molar-refractivity contribution is -0.0339. The van der Waals surface area contributed by atoms with Crippen molar-refractivity contribution in [3.63, 3.8) is 0 Å². The molecule has 1 saturated carbocycles. The third kappa shape index (κ3) is 0.976. The highest BCUT2D eigenvalue weighted by molar-refractivity contribution is 5.14. The Bertz CT molecular complexity index is 153. The summed E-state index contributed by atoms with van der Waals surface area (Å²) < 4.78 is 0. The summed E-state index contributed by atoms with van der Waals surface area (Å²) in [6, 6.07) is 0. The Balaban J connectivity index is 2.73. The van der Waals surface area contributed by atoms with Gasteiger partial charge in [-0.05, 0) is 12.8 Å². The molecule has 58 valence electrons. The molecule has 2 atom stereocenters. The van der Waals surface area contributed by atoms with E-state index in [4.69, 9.17) is 5.11 Å². The smallest absolute Gasteiger partial charge is 0.0942 e. The molecule has 0 radical (unpaired) electrons. The monoisotopic (exact) mass is 142 g/mol. The van der Waals surface area contributed by atoms with Crippen LogP contribution in [0.3, 0.4) is 0 Å². The zero-order chi connectivity index (χ0) is 7.78. The summed E-state index contributed by atoms with van der Waals surface area (Å²) in [5.74, 6) is 0.0532. The van der Waals surface area contributed by atoms with Gasteiger partial charge in [0.25, 0.3) is 0 Å². The first-order valence-corrected chi connectivity index (χ1v) is 3.61. The molecular weight excluding hydrogens is 128 g/mol. The molecule has 1 aliphatic carbocycles. The fraction of sp³-hybridized carbons (Fsp3) is 0.750. The first kappa shape index (κ1) is 7.76. The van der Waals surface area contributed by atoms with Crippen LogP contribution in [0.2, 0.25) is 0 Å². The number of aliphatic hydroxyl groups is 2. The molecule has 0 unspecified atom stereocenters. The Hall–Kier alpha value is -0.340. The van der Waals surface area contributed by atoms with Crippen LogP contribution in [0.1, 0.15) is 19.8 Å². The van der Waals surface area contributed by atoms with Gasteiger partial charge in [0.2, 0.25) is 0 Å². The van der Waals surface area contributed by atoms with Gasteiger partial charge in [0.15, 0.2) is 0 Å². The lowest BCUT2D eigenvalue weighted by Gasteiger charge is -2.24. The van der Waals surface area contributed by atoms with Crippen molar-refractivity contribution in [1.82, 2.24) is 0 Å². The third-order valence-corrected chi connectivity index (χ3v) is 2.57. The van der Waals surface area contributed by atoms with Gasteiger partial charge in [-0.1, -0.05) is 19.1 Å². The van der Waals surface area contributed by atoms with Crippen LogP contribution < -0.4 is 0 Å². The molecule has 1 fully saturated rings. The Labute approximate surface area is 61.2 Å². The van der Waals surface area contributed by atoms with E-state index in [1.54, 1.807) is 0 Å². The number of hydrogen-bond donors (Lipinski definition) is 2. The van der Waals surface area contributed by atoms with Crippen LogP contribution in [-0.2, 0) is 0 Å². The molecule has 0 aromatic rings. The van der Waals surface area contributed by atoms with Gasteiger partial charge in [0.1, 0.15) is 0 Å². The predicted molar refractivity (Wildman–Crippen MR) is 39.6 cm³/mol. The normalized spacial score (nSPS) is 40.7. The summed E-state index contributed by atoms with van der Waals surface area (Å²) in [5, 5.41) is 18.5. The minimum Gasteiger partial charge on any atom is -0.393 e. The van der Waals surface area contributed by atoms with Gasteiger partial charge in [-0.25, -0.2) is 0 Å².